The molecule has 0 radical (unpaired) electrons. The molecule has 21 fully saturated rings. The van der Waals surface area contributed by atoms with Crippen LogP contribution >= 0.6 is 0 Å². The van der Waals surface area contributed by atoms with Gasteiger partial charge in [0.05, 0.1) is 16.2 Å². The standard InChI is InChI=1S/3C23H32O2.C9H14.C8H14/c2*1-12-17-10-18(20-15-6-5-14(9-15)19(17)20)23(12,3)21(24)25-22(2)11-13-4-7-16(22)8-13;1-11-13-4-7-16(8-13)21(11)25-22(24)23(3)12(2)17-10-18(23)20-15-6-5-14(9-15)19(17)20;1-9-5-6-2-3-7(9)8(9)4-6;1-6-4-7-2-3-8(6)5-7/h2*5-6,12-20H,4,7-11H2,1-3H3;5-6,11-21H,4,7-10H2,1-3H3;6-8H,2-5H2,1H3;6-8H,2-5H2,1H3/t;;;6?,7-,8?,9?;/m...1./s1. The molecule has 40 unspecified atom stereocenters. The van der Waals surface area contributed by atoms with E-state index in [1.807, 2.05) is 0 Å². The van der Waals surface area contributed by atoms with E-state index in [2.05, 4.69) is 113 Å². The van der Waals surface area contributed by atoms with Crippen LogP contribution in [0.2, 0.25) is 0 Å². The lowest BCUT2D eigenvalue weighted by molar-refractivity contribution is -0.185. The summed E-state index contributed by atoms with van der Waals surface area (Å²) in [6.45, 7) is 25.6. The maximum Gasteiger partial charge on any atom is 0.312 e. The van der Waals surface area contributed by atoms with Crippen LogP contribution < -0.4 is 0 Å². The van der Waals surface area contributed by atoms with Crippen LogP contribution in [0.1, 0.15) is 237 Å². The minimum Gasteiger partial charge on any atom is -0.461 e. The average molecular weight is 1250 g/mol. The normalized spacial score (nSPS) is 62.4. The quantitative estimate of drug-likeness (QED) is 0.114. The van der Waals surface area contributed by atoms with E-state index in [9.17, 15) is 14.4 Å². The molecule has 0 spiro atoms. The largest absolute Gasteiger partial charge is 0.461 e. The van der Waals surface area contributed by atoms with Crippen molar-refractivity contribution >= 4 is 17.9 Å². The Morgan fingerprint density at radius 1 is 0.348 bits per heavy atom. The summed E-state index contributed by atoms with van der Waals surface area (Å²) in [5, 5.41) is 0. The highest BCUT2D eigenvalue weighted by molar-refractivity contribution is 5.80. The molecule has 0 aromatic carbocycles. The number of hydrogen-bond donors (Lipinski definition) is 0. The first-order chi connectivity index (χ1) is 44.0. The van der Waals surface area contributed by atoms with Gasteiger partial charge in [0.25, 0.3) is 0 Å². The van der Waals surface area contributed by atoms with Crippen molar-refractivity contribution in [2.45, 2.75) is 254 Å². The second kappa shape index (κ2) is 20.6. The zero-order chi connectivity index (χ0) is 63.0. The van der Waals surface area contributed by atoms with E-state index in [1.165, 1.54) is 108 Å². The van der Waals surface area contributed by atoms with Gasteiger partial charge in [-0.25, -0.2) is 0 Å². The van der Waals surface area contributed by atoms with Gasteiger partial charge in [0.2, 0.25) is 0 Å². The molecule has 0 heterocycles. The van der Waals surface area contributed by atoms with Crippen LogP contribution in [0.25, 0.3) is 0 Å². The van der Waals surface area contributed by atoms with Gasteiger partial charge in [-0.1, -0.05) is 90.8 Å². The molecule has 41 atom stereocenters. The molecule has 504 valence electrons. The third-order valence-corrected chi connectivity index (χ3v) is 38.3. The van der Waals surface area contributed by atoms with Gasteiger partial charge < -0.3 is 14.2 Å². The third kappa shape index (κ3) is 8.23. The number of esters is 3. The molecule has 21 saturated carbocycles. The maximum atomic E-state index is 13.6. The molecule has 0 N–H and O–H groups in total. The highest BCUT2D eigenvalue weighted by Crippen LogP contribution is 2.78. The first kappa shape index (κ1) is 60.8. The van der Waals surface area contributed by atoms with E-state index < -0.39 is 0 Å². The Labute approximate surface area is 556 Å². The van der Waals surface area contributed by atoms with Crippen molar-refractivity contribution in [3.8, 4) is 0 Å². The van der Waals surface area contributed by atoms with Gasteiger partial charge in [-0.05, 0) is 389 Å². The van der Waals surface area contributed by atoms with E-state index in [-0.39, 0.29) is 51.5 Å². The average Bonchev–Trinajstić information content (AvgIpc) is 1.54. The number of hydrogen-bond acceptors (Lipinski definition) is 6. The van der Waals surface area contributed by atoms with Gasteiger partial charge in [-0.2, -0.15) is 0 Å². The van der Waals surface area contributed by atoms with Gasteiger partial charge in [0.1, 0.15) is 17.3 Å². The molecule has 0 aliphatic heterocycles. The summed E-state index contributed by atoms with van der Waals surface area (Å²) in [5.74, 6) is 27.3. The van der Waals surface area contributed by atoms with Crippen molar-refractivity contribution in [3.63, 3.8) is 0 Å². The number of fused-ring (bicyclic) bond motifs is 36. The van der Waals surface area contributed by atoms with Crippen LogP contribution in [0.4, 0.5) is 0 Å². The molecule has 6 heteroatoms. The highest BCUT2D eigenvalue weighted by atomic mass is 16.6. The predicted molar refractivity (Wildman–Crippen MR) is 361 cm³/mol. The second-order valence-corrected chi connectivity index (χ2v) is 40.9. The summed E-state index contributed by atoms with van der Waals surface area (Å²) in [4.78, 5) is 40.6. The van der Waals surface area contributed by atoms with Crippen LogP contribution in [-0.4, -0.2) is 35.2 Å². The minimum atomic E-state index is -0.241. The zero-order valence-electron chi connectivity index (χ0n) is 59.3. The molecule has 6 nitrogen and oxygen atoms in total. The molecule has 0 saturated heterocycles. The fourth-order valence-electron chi connectivity index (χ4n) is 33.2. The Hall–Kier alpha value is -2.37. The van der Waals surface area contributed by atoms with Gasteiger partial charge in [-0.3, -0.25) is 14.4 Å². The Bertz CT molecular complexity index is 2980. The molecule has 24 aliphatic carbocycles. The lowest BCUT2D eigenvalue weighted by Gasteiger charge is -2.47. The van der Waals surface area contributed by atoms with E-state index in [4.69, 9.17) is 14.2 Å². The summed E-state index contributed by atoms with van der Waals surface area (Å²) in [5.41, 5.74) is -0.171. The van der Waals surface area contributed by atoms with Crippen molar-refractivity contribution in [1.29, 1.82) is 0 Å². The third-order valence-electron chi connectivity index (χ3n) is 38.3. The van der Waals surface area contributed by atoms with Crippen LogP contribution in [0.15, 0.2) is 36.5 Å². The van der Waals surface area contributed by atoms with Gasteiger partial charge in [0.15, 0.2) is 0 Å². The summed E-state index contributed by atoms with van der Waals surface area (Å²) in [6.07, 6.45) is 49.6. The maximum absolute atomic E-state index is 13.6. The first-order valence-corrected chi connectivity index (χ1v) is 40.7. The topological polar surface area (TPSA) is 78.9 Å². The van der Waals surface area contributed by atoms with Crippen LogP contribution in [-0.2, 0) is 28.6 Å². The highest BCUT2D eigenvalue weighted by Gasteiger charge is 2.75. The first-order valence-electron chi connectivity index (χ1n) is 40.7. The molecular formula is C86H124O6. The Kier molecular flexibility index (Phi) is 13.6. The SMILES string of the molecule is CC12CC3CC[C@@H]1C2C3.CC1C2CC(C3C4C=CC(C4)C23)C1(C)C(=O)OC1(C)CC2CCC1C2.CC1C2CC(C3C4C=CC(C4)C23)C1(C)C(=O)OC1(C)CC2CCC1C2.CC1C2CCC(C2)C1OC(=O)C1(C)C(C)C2CC1C1C3C=CC(C3)C21.CC1CC2CCC1C2. The van der Waals surface area contributed by atoms with Crippen LogP contribution in [0.5, 0.6) is 0 Å². The zero-order valence-corrected chi connectivity index (χ0v) is 59.3. The Morgan fingerprint density at radius 2 is 0.761 bits per heavy atom. The van der Waals surface area contributed by atoms with Crippen molar-refractivity contribution in [2.75, 3.05) is 0 Å². The van der Waals surface area contributed by atoms with Crippen LogP contribution in [0.3, 0.4) is 0 Å². The molecule has 24 bridgehead atoms. The van der Waals surface area contributed by atoms with Gasteiger partial charge in [0, 0.05) is 0 Å². The van der Waals surface area contributed by atoms with Crippen molar-refractivity contribution in [1.82, 2.24) is 0 Å². The van der Waals surface area contributed by atoms with Crippen molar-refractivity contribution < 1.29 is 28.6 Å². The van der Waals surface area contributed by atoms with Gasteiger partial charge >= 0.3 is 17.9 Å². The number of ether oxygens (including phenoxy) is 3. The number of allylic oxidation sites excluding steroid dienone is 6. The summed E-state index contributed by atoms with van der Waals surface area (Å²) < 4.78 is 19.2. The lowest BCUT2D eigenvalue weighted by atomic mass is 9.58. The van der Waals surface area contributed by atoms with Crippen molar-refractivity contribution in [2.24, 2.45) is 223 Å². The molecule has 0 aromatic heterocycles. The molecule has 0 aromatic rings. The predicted octanol–water partition coefficient (Wildman–Crippen LogP) is 19.3. The lowest BCUT2D eigenvalue weighted by Crippen LogP contribution is -2.51. The molecule has 24 rings (SSSR count). The fraction of sp³-hybridized carbons (Fsp3) is 0.895. The number of carbonyl (C=O) groups excluding carboxylic acids is 3. The minimum absolute atomic E-state index is 0.160. The second-order valence-electron chi connectivity index (χ2n) is 40.9. The van der Waals surface area contributed by atoms with Gasteiger partial charge in [-0.15, -0.1) is 0 Å². The molecule has 0 amide bonds. The molecular weight excluding hydrogens is 1130 g/mol. The monoisotopic (exact) mass is 1250 g/mol. The Balaban J connectivity index is 0.0000000871. The summed E-state index contributed by atoms with van der Waals surface area (Å²) in [7, 11) is 0. The number of carbonyl (C=O) groups is 3. The Morgan fingerprint density at radius 3 is 1.08 bits per heavy atom. The fourth-order valence-corrected chi connectivity index (χ4v) is 33.2. The van der Waals surface area contributed by atoms with E-state index in [0.717, 1.165) is 148 Å². The van der Waals surface area contributed by atoms with Crippen molar-refractivity contribution in [3.05, 3.63) is 36.5 Å². The molecule has 92 heavy (non-hydrogen) atoms. The summed E-state index contributed by atoms with van der Waals surface area (Å²) >= 11 is 0. The van der Waals surface area contributed by atoms with E-state index >= 15 is 0 Å². The van der Waals surface area contributed by atoms with E-state index in [1.54, 1.807) is 51.4 Å². The van der Waals surface area contributed by atoms with E-state index in [0.29, 0.717) is 59.2 Å². The number of rotatable bonds is 6. The molecule has 24 aliphatic rings. The summed E-state index contributed by atoms with van der Waals surface area (Å²) in [6, 6.07) is 0. The van der Waals surface area contributed by atoms with Crippen LogP contribution in [0, 0.1) is 223 Å². The smallest absolute Gasteiger partial charge is 0.312 e.